The molecule has 1 aromatic rings. The minimum absolute atomic E-state index is 0.323. The van der Waals surface area contributed by atoms with Crippen molar-refractivity contribution < 1.29 is 5.11 Å². The Bertz CT molecular complexity index is 344. The van der Waals surface area contributed by atoms with Gasteiger partial charge in [-0.15, -0.1) is 0 Å². The SMILES string of the molecule is NC1=Nc2cccc(O)c2CC1. The molecule has 62 valence electrons. The number of rotatable bonds is 0. The molecule has 0 unspecified atom stereocenters. The predicted octanol–water partition coefficient (Wildman–Crippen LogP) is 1.33. The molecule has 0 atom stereocenters. The summed E-state index contributed by atoms with van der Waals surface area (Å²) in [5, 5.41) is 9.43. The average Bonchev–Trinajstić information content (AvgIpc) is 2.04. The number of hydrogen-bond acceptors (Lipinski definition) is 3. The molecule has 0 radical (unpaired) electrons. The third kappa shape index (κ3) is 1.03. The first-order valence-electron chi connectivity index (χ1n) is 3.91. The molecule has 0 fully saturated rings. The van der Waals surface area contributed by atoms with E-state index in [1.807, 2.05) is 6.07 Å². The van der Waals surface area contributed by atoms with Crippen LogP contribution < -0.4 is 5.73 Å². The Labute approximate surface area is 70.5 Å². The van der Waals surface area contributed by atoms with Gasteiger partial charge in [-0.3, -0.25) is 0 Å². The first-order valence-corrected chi connectivity index (χ1v) is 3.91. The molecule has 0 saturated heterocycles. The molecule has 1 aliphatic heterocycles. The van der Waals surface area contributed by atoms with Gasteiger partial charge in [0.05, 0.1) is 11.5 Å². The number of fused-ring (bicyclic) bond motifs is 1. The number of hydrogen-bond donors (Lipinski definition) is 2. The fraction of sp³-hybridized carbons (Fsp3) is 0.222. The van der Waals surface area contributed by atoms with Crippen LogP contribution in [0.2, 0.25) is 0 Å². The predicted molar refractivity (Wildman–Crippen MR) is 47.7 cm³/mol. The molecule has 3 heteroatoms. The lowest BCUT2D eigenvalue weighted by molar-refractivity contribution is 0.468. The van der Waals surface area contributed by atoms with Crippen molar-refractivity contribution in [2.75, 3.05) is 0 Å². The summed E-state index contributed by atoms with van der Waals surface area (Å²) in [7, 11) is 0. The second kappa shape index (κ2) is 2.52. The summed E-state index contributed by atoms with van der Waals surface area (Å²) in [5.41, 5.74) is 7.28. The van der Waals surface area contributed by atoms with Crippen molar-refractivity contribution in [3.8, 4) is 5.75 Å². The number of nitrogens with zero attached hydrogens (tertiary/aromatic N) is 1. The normalized spacial score (nSPS) is 15.2. The molecule has 2 rings (SSSR count). The molecule has 3 N–H and O–H groups in total. The topological polar surface area (TPSA) is 58.6 Å². The largest absolute Gasteiger partial charge is 0.508 e. The van der Waals surface area contributed by atoms with Crippen molar-refractivity contribution in [3.05, 3.63) is 23.8 Å². The van der Waals surface area contributed by atoms with Crippen molar-refractivity contribution in [3.63, 3.8) is 0 Å². The minimum atomic E-state index is 0.323. The van der Waals surface area contributed by atoms with Crippen LogP contribution in [-0.4, -0.2) is 10.9 Å². The first kappa shape index (κ1) is 7.16. The van der Waals surface area contributed by atoms with E-state index in [4.69, 9.17) is 5.73 Å². The van der Waals surface area contributed by atoms with E-state index in [-0.39, 0.29) is 0 Å². The van der Waals surface area contributed by atoms with E-state index in [0.29, 0.717) is 11.6 Å². The molecule has 0 amide bonds. The van der Waals surface area contributed by atoms with Crippen LogP contribution in [0, 0.1) is 0 Å². The van der Waals surface area contributed by atoms with Crippen LogP contribution in [0.15, 0.2) is 23.2 Å². The Balaban J connectivity index is 2.57. The van der Waals surface area contributed by atoms with Crippen LogP contribution in [0.1, 0.15) is 12.0 Å². The highest BCUT2D eigenvalue weighted by atomic mass is 16.3. The Morgan fingerprint density at radius 1 is 1.33 bits per heavy atom. The van der Waals surface area contributed by atoms with Crippen LogP contribution in [0.25, 0.3) is 0 Å². The minimum Gasteiger partial charge on any atom is -0.508 e. The van der Waals surface area contributed by atoms with E-state index >= 15 is 0 Å². The van der Waals surface area contributed by atoms with E-state index in [1.54, 1.807) is 12.1 Å². The van der Waals surface area contributed by atoms with Gasteiger partial charge in [0.15, 0.2) is 0 Å². The highest BCUT2D eigenvalue weighted by molar-refractivity contribution is 5.86. The molecule has 0 aromatic heterocycles. The number of benzene rings is 1. The molecule has 1 heterocycles. The molecule has 0 bridgehead atoms. The van der Waals surface area contributed by atoms with Crippen molar-refractivity contribution in [1.82, 2.24) is 0 Å². The smallest absolute Gasteiger partial charge is 0.120 e. The van der Waals surface area contributed by atoms with Crippen LogP contribution in [0.4, 0.5) is 5.69 Å². The van der Waals surface area contributed by atoms with Gasteiger partial charge in [-0.1, -0.05) is 6.07 Å². The van der Waals surface area contributed by atoms with Crippen molar-refractivity contribution in [1.29, 1.82) is 0 Å². The molecule has 0 spiro atoms. The van der Waals surface area contributed by atoms with E-state index in [2.05, 4.69) is 4.99 Å². The fourth-order valence-corrected chi connectivity index (χ4v) is 1.39. The monoisotopic (exact) mass is 162 g/mol. The summed E-state index contributed by atoms with van der Waals surface area (Å²) >= 11 is 0. The van der Waals surface area contributed by atoms with Gasteiger partial charge < -0.3 is 10.8 Å². The van der Waals surface area contributed by atoms with Gasteiger partial charge >= 0.3 is 0 Å². The Hall–Kier alpha value is -1.51. The van der Waals surface area contributed by atoms with Crippen molar-refractivity contribution in [2.24, 2.45) is 10.7 Å². The van der Waals surface area contributed by atoms with Gasteiger partial charge in [0.25, 0.3) is 0 Å². The summed E-state index contributed by atoms with van der Waals surface area (Å²) < 4.78 is 0. The maximum atomic E-state index is 9.43. The maximum Gasteiger partial charge on any atom is 0.120 e. The summed E-state index contributed by atoms with van der Waals surface area (Å²) in [6, 6.07) is 5.31. The van der Waals surface area contributed by atoms with E-state index in [0.717, 1.165) is 24.1 Å². The van der Waals surface area contributed by atoms with Gasteiger partial charge in [0, 0.05) is 12.0 Å². The van der Waals surface area contributed by atoms with Gasteiger partial charge in [-0.2, -0.15) is 0 Å². The van der Waals surface area contributed by atoms with Gasteiger partial charge in [0.2, 0.25) is 0 Å². The van der Waals surface area contributed by atoms with Crippen LogP contribution in [0.3, 0.4) is 0 Å². The third-order valence-electron chi connectivity index (χ3n) is 2.02. The number of aliphatic imine (C=N–C) groups is 1. The van der Waals surface area contributed by atoms with E-state index < -0.39 is 0 Å². The zero-order valence-electron chi connectivity index (χ0n) is 6.62. The molecule has 0 aliphatic carbocycles. The Morgan fingerprint density at radius 3 is 3.00 bits per heavy atom. The number of aromatic hydroxyl groups is 1. The second-order valence-corrected chi connectivity index (χ2v) is 2.88. The molecular formula is C9H10N2O. The van der Waals surface area contributed by atoms with E-state index in [9.17, 15) is 5.11 Å². The summed E-state index contributed by atoms with van der Waals surface area (Å²) in [4.78, 5) is 4.14. The molecular weight excluding hydrogens is 152 g/mol. The van der Waals surface area contributed by atoms with Crippen LogP contribution in [0.5, 0.6) is 5.75 Å². The lowest BCUT2D eigenvalue weighted by Crippen LogP contribution is -2.15. The number of phenolic OH excluding ortho intramolecular Hbond substituents is 1. The lowest BCUT2D eigenvalue weighted by Gasteiger charge is -2.13. The molecule has 1 aromatic carbocycles. The molecule has 12 heavy (non-hydrogen) atoms. The summed E-state index contributed by atoms with van der Waals surface area (Å²) in [6.45, 7) is 0. The zero-order chi connectivity index (χ0) is 8.55. The van der Waals surface area contributed by atoms with Gasteiger partial charge in [0.1, 0.15) is 5.75 Å². The Kier molecular flexibility index (Phi) is 1.50. The fourth-order valence-electron chi connectivity index (χ4n) is 1.39. The number of phenols is 1. The average molecular weight is 162 g/mol. The van der Waals surface area contributed by atoms with Gasteiger partial charge in [-0.25, -0.2) is 4.99 Å². The van der Waals surface area contributed by atoms with E-state index in [1.165, 1.54) is 0 Å². The first-order chi connectivity index (χ1) is 5.77. The zero-order valence-corrected chi connectivity index (χ0v) is 6.62. The van der Waals surface area contributed by atoms with Crippen LogP contribution >= 0.6 is 0 Å². The highest BCUT2D eigenvalue weighted by Crippen LogP contribution is 2.31. The van der Waals surface area contributed by atoms with Gasteiger partial charge in [-0.05, 0) is 18.6 Å². The van der Waals surface area contributed by atoms with Crippen molar-refractivity contribution >= 4 is 11.5 Å². The molecule has 0 saturated carbocycles. The standard InChI is InChI=1S/C9H10N2O/c10-9-5-4-6-7(11-9)2-1-3-8(6)12/h1-3,12H,4-5H2,(H2,10,11). The van der Waals surface area contributed by atoms with Crippen LogP contribution in [-0.2, 0) is 6.42 Å². The summed E-state index contributed by atoms with van der Waals surface area (Å²) in [6.07, 6.45) is 1.53. The molecule has 1 aliphatic rings. The summed E-state index contributed by atoms with van der Waals surface area (Å²) in [5.74, 6) is 0.969. The second-order valence-electron chi connectivity index (χ2n) is 2.88. The number of amidine groups is 1. The number of nitrogens with two attached hydrogens (primary N) is 1. The Morgan fingerprint density at radius 2 is 2.17 bits per heavy atom. The highest BCUT2D eigenvalue weighted by Gasteiger charge is 2.12. The quantitative estimate of drug-likeness (QED) is 0.604. The van der Waals surface area contributed by atoms with Crippen molar-refractivity contribution in [2.45, 2.75) is 12.8 Å². The third-order valence-corrected chi connectivity index (χ3v) is 2.02. The lowest BCUT2D eigenvalue weighted by atomic mass is 10.0. The molecule has 3 nitrogen and oxygen atoms in total. The maximum absolute atomic E-state index is 9.43.